The van der Waals surface area contributed by atoms with Crippen LogP contribution in [0.5, 0.6) is 5.75 Å². The van der Waals surface area contributed by atoms with E-state index in [0.29, 0.717) is 17.9 Å². The Kier molecular flexibility index (Phi) is 4.76. The second-order valence-corrected chi connectivity index (χ2v) is 7.97. The minimum absolute atomic E-state index is 0.0661. The summed E-state index contributed by atoms with van der Waals surface area (Å²) in [5.41, 5.74) is 3.24. The molecule has 1 atom stereocenters. The van der Waals surface area contributed by atoms with Gasteiger partial charge in [-0.3, -0.25) is 4.90 Å². The van der Waals surface area contributed by atoms with Crippen LogP contribution in [0, 0.1) is 5.82 Å². The lowest BCUT2D eigenvalue weighted by Gasteiger charge is -2.40. The van der Waals surface area contributed by atoms with Gasteiger partial charge in [0.25, 0.3) is 0 Å². The molecule has 1 fully saturated rings. The Hall–Kier alpha value is -2.21. The molecule has 2 aliphatic rings. The van der Waals surface area contributed by atoms with E-state index < -0.39 is 0 Å². The SMILES string of the molecule is COc1cccc(CN2CCCC3(CCc4cnc(N(C)C)nc43)C2)c1F. The second-order valence-electron chi connectivity index (χ2n) is 7.97. The fourth-order valence-corrected chi connectivity index (χ4v) is 4.58. The molecule has 2 aromatic rings. The highest BCUT2D eigenvalue weighted by Crippen LogP contribution is 2.44. The van der Waals surface area contributed by atoms with E-state index in [9.17, 15) is 4.39 Å². The van der Waals surface area contributed by atoms with Gasteiger partial charge < -0.3 is 9.64 Å². The maximum absolute atomic E-state index is 14.6. The van der Waals surface area contributed by atoms with E-state index in [1.807, 2.05) is 37.3 Å². The van der Waals surface area contributed by atoms with Gasteiger partial charge in [0.2, 0.25) is 5.95 Å². The number of aryl methyl sites for hydroxylation is 1. The Morgan fingerprint density at radius 3 is 2.93 bits per heavy atom. The molecule has 5 nitrogen and oxygen atoms in total. The molecular weight excluding hydrogens is 343 g/mol. The van der Waals surface area contributed by atoms with Crippen molar-refractivity contribution in [1.29, 1.82) is 0 Å². The van der Waals surface area contributed by atoms with Gasteiger partial charge in [-0.05, 0) is 43.9 Å². The van der Waals surface area contributed by atoms with Crippen LogP contribution in [0.2, 0.25) is 0 Å². The second kappa shape index (κ2) is 7.08. The maximum Gasteiger partial charge on any atom is 0.225 e. The van der Waals surface area contributed by atoms with E-state index >= 15 is 0 Å². The van der Waals surface area contributed by atoms with Gasteiger partial charge in [-0.1, -0.05) is 12.1 Å². The lowest BCUT2D eigenvalue weighted by atomic mass is 9.77. The van der Waals surface area contributed by atoms with Crippen LogP contribution in [0.1, 0.15) is 36.1 Å². The largest absolute Gasteiger partial charge is 0.494 e. The molecule has 1 aliphatic heterocycles. The number of methoxy groups -OCH3 is 1. The van der Waals surface area contributed by atoms with E-state index in [1.165, 1.54) is 18.4 Å². The Morgan fingerprint density at radius 2 is 2.15 bits per heavy atom. The van der Waals surface area contributed by atoms with Gasteiger partial charge in [0.15, 0.2) is 11.6 Å². The average molecular weight is 370 g/mol. The number of nitrogens with zero attached hydrogens (tertiary/aromatic N) is 4. The summed E-state index contributed by atoms with van der Waals surface area (Å²) in [5.74, 6) is 0.837. The summed E-state index contributed by atoms with van der Waals surface area (Å²) in [4.78, 5) is 13.7. The number of anilines is 1. The van der Waals surface area contributed by atoms with Crippen molar-refractivity contribution in [2.45, 2.75) is 37.6 Å². The minimum atomic E-state index is -0.247. The van der Waals surface area contributed by atoms with Crippen molar-refractivity contribution >= 4 is 5.95 Å². The number of ether oxygens (including phenoxy) is 1. The number of hydrogen-bond donors (Lipinski definition) is 0. The quantitative estimate of drug-likeness (QED) is 0.827. The van der Waals surface area contributed by atoms with Crippen LogP contribution in [0.3, 0.4) is 0 Å². The van der Waals surface area contributed by atoms with Gasteiger partial charge >= 0.3 is 0 Å². The molecule has 6 heteroatoms. The molecule has 144 valence electrons. The number of halogens is 1. The van der Waals surface area contributed by atoms with Crippen molar-refractivity contribution in [3.8, 4) is 5.75 Å². The molecule has 0 amide bonds. The number of benzene rings is 1. The highest BCUT2D eigenvalue weighted by atomic mass is 19.1. The topological polar surface area (TPSA) is 41.5 Å². The van der Waals surface area contributed by atoms with Crippen molar-refractivity contribution in [3.05, 3.63) is 47.0 Å². The molecule has 1 aromatic carbocycles. The van der Waals surface area contributed by atoms with E-state index in [4.69, 9.17) is 9.72 Å². The zero-order valence-corrected chi connectivity index (χ0v) is 16.3. The lowest BCUT2D eigenvalue weighted by Crippen LogP contribution is -2.45. The first-order valence-corrected chi connectivity index (χ1v) is 9.60. The Morgan fingerprint density at radius 1 is 1.30 bits per heavy atom. The summed E-state index contributed by atoms with van der Waals surface area (Å²) in [7, 11) is 5.46. The van der Waals surface area contributed by atoms with Crippen molar-refractivity contribution in [1.82, 2.24) is 14.9 Å². The van der Waals surface area contributed by atoms with Crippen molar-refractivity contribution in [2.75, 3.05) is 39.2 Å². The van der Waals surface area contributed by atoms with Gasteiger partial charge in [-0.15, -0.1) is 0 Å². The van der Waals surface area contributed by atoms with Gasteiger partial charge in [0, 0.05) is 44.4 Å². The average Bonchev–Trinajstić information content (AvgIpc) is 3.01. The molecule has 27 heavy (non-hydrogen) atoms. The number of fused-ring (bicyclic) bond motifs is 2. The number of rotatable bonds is 4. The third kappa shape index (κ3) is 3.27. The maximum atomic E-state index is 14.6. The highest BCUT2D eigenvalue weighted by Gasteiger charge is 2.43. The van der Waals surface area contributed by atoms with E-state index in [1.54, 1.807) is 6.07 Å². The molecule has 1 aliphatic carbocycles. The standard InChI is InChI=1S/C21H27FN4O/c1-25(2)20-23-12-15-8-10-21(19(15)24-20)9-5-11-26(14-21)13-16-6-4-7-17(27-3)18(16)22/h4,6-7,12H,5,8-11,13-14H2,1-3H3. The molecule has 2 heterocycles. The predicted octanol–water partition coefficient (Wildman–Crippen LogP) is 3.17. The summed E-state index contributed by atoms with van der Waals surface area (Å²) in [6.07, 6.45) is 6.37. The monoisotopic (exact) mass is 370 g/mol. The fraction of sp³-hybridized carbons (Fsp3) is 0.524. The molecule has 1 unspecified atom stereocenters. The van der Waals surface area contributed by atoms with E-state index in [0.717, 1.165) is 44.7 Å². The van der Waals surface area contributed by atoms with Crippen molar-refractivity contribution < 1.29 is 9.13 Å². The van der Waals surface area contributed by atoms with Crippen molar-refractivity contribution in [2.24, 2.45) is 0 Å². The summed E-state index contributed by atoms with van der Waals surface area (Å²) in [5, 5.41) is 0. The minimum Gasteiger partial charge on any atom is -0.494 e. The molecule has 4 rings (SSSR count). The fourth-order valence-electron chi connectivity index (χ4n) is 4.58. The van der Waals surface area contributed by atoms with E-state index in [-0.39, 0.29) is 11.2 Å². The van der Waals surface area contributed by atoms with Crippen LogP contribution < -0.4 is 9.64 Å². The first kappa shape index (κ1) is 18.2. The van der Waals surface area contributed by atoms with Gasteiger partial charge in [-0.2, -0.15) is 0 Å². The zero-order chi connectivity index (χ0) is 19.0. The molecule has 1 aromatic heterocycles. The normalized spacial score (nSPS) is 22.1. The molecule has 0 saturated carbocycles. The number of likely N-dealkylation sites (tertiary alicyclic amines) is 1. The molecular formula is C21H27FN4O. The van der Waals surface area contributed by atoms with Crippen LogP contribution in [0.15, 0.2) is 24.4 Å². The first-order valence-electron chi connectivity index (χ1n) is 9.60. The third-order valence-corrected chi connectivity index (χ3v) is 5.94. The molecule has 1 spiro atoms. The lowest BCUT2D eigenvalue weighted by molar-refractivity contribution is 0.135. The third-order valence-electron chi connectivity index (χ3n) is 5.94. The first-order chi connectivity index (χ1) is 13.0. The van der Waals surface area contributed by atoms with Gasteiger partial charge in [-0.25, -0.2) is 14.4 Å². The highest BCUT2D eigenvalue weighted by molar-refractivity contribution is 5.39. The number of aromatic nitrogens is 2. The summed E-state index contributed by atoms with van der Waals surface area (Å²) < 4.78 is 19.7. The van der Waals surface area contributed by atoms with Crippen LogP contribution >= 0.6 is 0 Å². The number of piperidine rings is 1. The van der Waals surface area contributed by atoms with Crippen LogP contribution in [-0.2, 0) is 18.4 Å². The Labute approximate surface area is 160 Å². The Balaban J connectivity index is 1.59. The summed E-state index contributed by atoms with van der Waals surface area (Å²) in [6, 6.07) is 5.38. The zero-order valence-electron chi connectivity index (χ0n) is 16.3. The van der Waals surface area contributed by atoms with E-state index in [2.05, 4.69) is 9.88 Å². The molecule has 1 saturated heterocycles. The summed E-state index contributed by atoms with van der Waals surface area (Å²) in [6.45, 7) is 2.51. The molecule has 0 bridgehead atoms. The van der Waals surface area contributed by atoms with Crippen LogP contribution in [-0.4, -0.2) is 49.2 Å². The van der Waals surface area contributed by atoms with Crippen molar-refractivity contribution in [3.63, 3.8) is 0 Å². The van der Waals surface area contributed by atoms with Crippen LogP contribution in [0.4, 0.5) is 10.3 Å². The smallest absolute Gasteiger partial charge is 0.225 e. The summed E-state index contributed by atoms with van der Waals surface area (Å²) >= 11 is 0. The van der Waals surface area contributed by atoms with Gasteiger partial charge in [0.1, 0.15) is 0 Å². The number of hydrogen-bond acceptors (Lipinski definition) is 5. The van der Waals surface area contributed by atoms with Crippen LogP contribution in [0.25, 0.3) is 0 Å². The Bertz CT molecular complexity index is 837. The molecule has 0 radical (unpaired) electrons. The van der Waals surface area contributed by atoms with Gasteiger partial charge in [0.05, 0.1) is 12.8 Å². The predicted molar refractivity (Wildman–Crippen MR) is 104 cm³/mol. The molecule has 0 N–H and O–H groups in total.